The molecule has 0 spiro atoms. The van der Waals surface area contributed by atoms with Crippen molar-refractivity contribution in [3.8, 4) is 0 Å². The lowest BCUT2D eigenvalue weighted by Gasteiger charge is -2.39. The van der Waals surface area contributed by atoms with E-state index in [1.807, 2.05) is 60.7 Å². The van der Waals surface area contributed by atoms with Gasteiger partial charge in [-0.3, -0.25) is 0 Å². The Balaban J connectivity index is 1.55. The van der Waals surface area contributed by atoms with E-state index < -0.39 is 34.8 Å². The molecule has 3 aromatic carbocycles. The average molecular weight is 518 g/mol. The third-order valence-electron chi connectivity index (χ3n) is 7.80. The average Bonchev–Trinajstić information content (AvgIpc) is 3.27. The molecule has 0 aromatic heterocycles. The Morgan fingerprint density at radius 1 is 1.00 bits per heavy atom. The van der Waals surface area contributed by atoms with Crippen LogP contribution in [0.5, 0.6) is 0 Å². The molecule has 198 valence electrons. The van der Waals surface area contributed by atoms with Crippen LogP contribution >= 0.6 is 0 Å². The van der Waals surface area contributed by atoms with Gasteiger partial charge in [0, 0.05) is 11.5 Å². The fourth-order valence-electron chi connectivity index (χ4n) is 5.76. The van der Waals surface area contributed by atoms with E-state index in [1.165, 1.54) is 12.1 Å². The van der Waals surface area contributed by atoms with Crippen LogP contribution in [0, 0.1) is 23.5 Å². The molecule has 0 bridgehead atoms. The largest absolute Gasteiger partial charge is 0.396 e. The Morgan fingerprint density at radius 3 is 2.26 bits per heavy atom. The van der Waals surface area contributed by atoms with Gasteiger partial charge in [0.2, 0.25) is 0 Å². The lowest BCUT2D eigenvalue weighted by atomic mass is 9.76. The van der Waals surface area contributed by atoms with E-state index >= 15 is 0 Å². The zero-order valence-corrected chi connectivity index (χ0v) is 21.4. The van der Waals surface area contributed by atoms with Crippen LogP contribution in [-0.4, -0.2) is 31.0 Å². The lowest BCUT2D eigenvalue weighted by Crippen LogP contribution is -2.48. The van der Waals surface area contributed by atoms with Crippen molar-refractivity contribution < 1.29 is 23.4 Å². The van der Waals surface area contributed by atoms with Crippen LogP contribution in [0.25, 0.3) is 0 Å². The first-order valence-electron chi connectivity index (χ1n) is 13.0. The molecule has 0 radical (unpaired) electrons. The predicted octanol–water partition coefficient (Wildman–Crippen LogP) is 5.61. The number of halogens is 2. The zero-order chi connectivity index (χ0) is 26.8. The number of benzene rings is 3. The monoisotopic (exact) mass is 517 g/mol. The van der Waals surface area contributed by atoms with Gasteiger partial charge in [0.25, 0.3) is 0 Å². The van der Waals surface area contributed by atoms with Crippen LogP contribution in [0.4, 0.5) is 8.78 Å². The summed E-state index contributed by atoms with van der Waals surface area (Å²) in [4.78, 5) is 0. The molecule has 1 aliphatic carbocycles. The molecule has 4 atom stereocenters. The van der Waals surface area contributed by atoms with Crippen LogP contribution < -0.4 is 5.73 Å². The molecule has 2 aliphatic rings. The van der Waals surface area contributed by atoms with Gasteiger partial charge < -0.3 is 20.3 Å². The Bertz CT molecular complexity index is 1270. The van der Waals surface area contributed by atoms with E-state index in [1.54, 1.807) is 0 Å². The molecule has 1 aliphatic heterocycles. The van der Waals surface area contributed by atoms with Crippen molar-refractivity contribution in [2.24, 2.45) is 17.6 Å². The number of aliphatic hydroxyl groups excluding tert-OH is 1. The number of allylic oxidation sites excluding steroid dienone is 2. The number of hydrogen-bond donors (Lipinski definition) is 2. The van der Waals surface area contributed by atoms with Crippen LogP contribution in [0.2, 0.25) is 0 Å². The summed E-state index contributed by atoms with van der Waals surface area (Å²) in [5.41, 5.74) is 7.17. The fraction of sp³-hybridized carbons (Fsp3) is 0.312. The van der Waals surface area contributed by atoms with Crippen molar-refractivity contribution in [3.05, 3.63) is 131 Å². The molecule has 0 amide bonds. The van der Waals surface area contributed by atoms with Crippen molar-refractivity contribution in [2.75, 3.05) is 19.8 Å². The number of aliphatic hydroxyl groups is 1. The van der Waals surface area contributed by atoms with Gasteiger partial charge in [-0.05, 0) is 35.1 Å². The minimum Gasteiger partial charge on any atom is -0.396 e. The van der Waals surface area contributed by atoms with Crippen molar-refractivity contribution in [3.63, 3.8) is 0 Å². The minimum absolute atomic E-state index is 0.0109. The summed E-state index contributed by atoms with van der Waals surface area (Å²) in [6.45, 7) is 1.80. The van der Waals surface area contributed by atoms with Gasteiger partial charge in [0.15, 0.2) is 11.6 Å². The maximum atomic E-state index is 14.8. The van der Waals surface area contributed by atoms with Crippen molar-refractivity contribution in [2.45, 2.75) is 30.6 Å². The van der Waals surface area contributed by atoms with Crippen LogP contribution in [0.1, 0.15) is 30.0 Å². The molecule has 3 aromatic rings. The molecule has 4 unspecified atom stereocenters. The summed E-state index contributed by atoms with van der Waals surface area (Å²) >= 11 is 0. The Labute approximate surface area is 222 Å². The molecule has 1 heterocycles. The first-order chi connectivity index (χ1) is 18.4. The molecule has 4 nitrogen and oxygen atoms in total. The molecule has 38 heavy (non-hydrogen) atoms. The Morgan fingerprint density at radius 2 is 1.66 bits per heavy atom. The van der Waals surface area contributed by atoms with Crippen LogP contribution in [0.15, 0.2) is 103 Å². The highest BCUT2D eigenvalue weighted by atomic mass is 19.2. The van der Waals surface area contributed by atoms with E-state index in [4.69, 9.17) is 15.2 Å². The molecular weight excluding hydrogens is 484 g/mol. The number of ether oxygens (including phenoxy) is 2. The quantitative estimate of drug-likeness (QED) is 0.408. The highest BCUT2D eigenvalue weighted by Gasteiger charge is 2.51. The lowest BCUT2D eigenvalue weighted by molar-refractivity contribution is -0.0609. The third kappa shape index (κ3) is 4.63. The third-order valence-corrected chi connectivity index (χ3v) is 7.80. The van der Waals surface area contributed by atoms with E-state index in [0.717, 1.165) is 29.2 Å². The first kappa shape index (κ1) is 26.4. The molecule has 6 heteroatoms. The summed E-state index contributed by atoms with van der Waals surface area (Å²) in [7, 11) is 0. The molecule has 5 rings (SSSR count). The topological polar surface area (TPSA) is 64.7 Å². The molecule has 0 saturated carbocycles. The van der Waals surface area contributed by atoms with Gasteiger partial charge in [0.1, 0.15) is 5.60 Å². The van der Waals surface area contributed by atoms with Crippen molar-refractivity contribution in [1.82, 2.24) is 0 Å². The number of rotatable bonds is 8. The highest BCUT2D eigenvalue weighted by Crippen LogP contribution is 2.45. The van der Waals surface area contributed by atoms with Gasteiger partial charge in [-0.15, -0.1) is 0 Å². The Kier molecular flexibility index (Phi) is 7.59. The van der Waals surface area contributed by atoms with Crippen molar-refractivity contribution in [1.29, 1.82) is 0 Å². The second-order valence-corrected chi connectivity index (χ2v) is 10.2. The van der Waals surface area contributed by atoms with E-state index in [9.17, 15) is 13.9 Å². The summed E-state index contributed by atoms with van der Waals surface area (Å²) in [5.74, 6) is -2.39. The van der Waals surface area contributed by atoms with Gasteiger partial charge in [0.05, 0.1) is 31.5 Å². The molecular formula is C32H33F2NO3. The SMILES string of the molecule is CC1C=C(C(OCC2OCC(N)(c3cccc(F)c3F)C2CO)(c2ccccc2)c2ccccc2)C=CC1. The maximum absolute atomic E-state index is 14.8. The predicted molar refractivity (Wildman–Crippen MR) is 143 cm³/mol. The van der Waals surface area contributed by atoms with Gasteiger partial charge >= 0.3 is 0 Å². The first-order valence-corrected chi connectivity index (χ1v) is 13.0. The van der Waals surface area contributed by atoms with Crippen LogP contribution in [-0.2, 0) is 20.6 Å². The summed E-state index contributed by atoms with van der Waals surface area (Å²) in [6, 6.07) is 23.9. The Hall–Kier alpha value is -3.16. The minimum atomic E-state index is -1.41. The van der Waals surface area contributed by atoms with E-state index in [2.05, 4.69) is 25.2 Å². The van der Waals surface area contributed by atoms with Gasteiger partial charge in [-0.25, -0.2) is 8.78 Å². The summed E-state index contributed by atoms with van der Waals surface area (Å²) in [6.07, 6.45) is 6.79. The normalized spacial score (nSPS) is 25.4. The number of hydrogen-bond acceptors (Lipinski definition) is 4. The molecule has 1 fully saturated rings. The zero-order valence-electron chi connectivity index (χ0n) is 21.4. The highest BCUT2D eigenvalue weighted by molar-refractivity contribution is 5.50. The molecule has 1 saturated heterocycles. The molecule has 3 N–H and O–H groups in total. The maximum Gasteiger partial charge on any atom is 0.163 e. The van der Waals surface area contributed by atoms with E-state index in [0.29, 0.717) is 5.92 Å². The summed E-state index contributed by atoms with van der Waals surface area (Å²) < 4.78 is 41.8. The van der Waals surface area contributed by atoms with Crippen LogP contribution in [0.3, 0.4) is 0 Å². The van der Waals surface area contributed by atoms with Gasteiger partial charge in [-0.1, -0.05) is 97.9 Å². The number of nitrogens with two attached hydrogens (primary N) is 1. The van der Waals surface area contributed by atoms with Gasteiger partial charge in [-0.2, -0.15) is 0 Å². The standard InChI is InChI=1S/C32H33F2NO3/c1-22-10-8-15-25(18-22)32(23-11-4-2-5-12-23,24-13-6-3-7-14-24)38-20-29-27(19-36)31(35,21-37-29)26-16-9-17-28(33)30(26)34/h2-9,11-18,22,27,29,36H,10,19-21,35H2,1H3. The smallest absolute Gasteiger partial charge is 0.163 e. The van der Waals surface area contributed by atoms with E-state index in [-0.39, 0.29) is 25.4 Å². The summed E-state index contributed by atoms with van der Waals surface area (Å²) in [5, 5.41) is 10.4. The van der Waals surface area contributed by atoms with Crippen molar-refractivity contribution >= 4 is 0 Å². The fourth-order valence-corrected chi connectivity index (χ4v) is 5.76. The second-order valence-electron chi connectivity index (χ2n) is 10.2. The second kappa shape index (κ2) is 10.9.